The molecule has 12 heavy (non-hydrogen) atoms. The summed E-state index contributed by atoms with van der Waals surface area (Å²) in [5.74, 6) is 0.172. The number of aliphatic hydroxyl groups is 1. The standard InChI is InChI=1S/C10H12O2/c11-10-9(6-7-12-10)8-4-2-1-3-5-8/h1-5,9-11H,6-7H2/t9-,10+/m1/s1. The normalized spacial score (nSPS) is 29.1. The Morgan fingerprint density at radius 3 is 2.58 bits per heavy atom. The second kappa shape index (κ2) is 3.25. The van der Waals surface area contributed by atoms with Gasteiger partial charge in [0.2, 0.25) is 0 Å². The Hall–Kier alpha value is -0.860. The van der Waals surface area contributed by atoms with Crippen molar-refractivity contribution in [3.63, 3.8) is 0 Å². The van der Waals surface area contributed by atoms with Crippen LogP contribution in [0.3, 0.4) is 0 Å². The van der Waals surface area contributed by atoms with E-state index in [9.17, 15) is 5.11 Å². The molecule has 1 saturated heterocycles. The van der Waals surface area contributed by atoms with E-state index in [-0.39, 0.29) is 5.92 Å². The smallest absolute Gasteiger partial charge is 0.161 e. The number of aliphatic hydroxyl groups excluding tert-OH is 1. The lowest BCUT2D eigenvalue weighted by Crippen LogP contribution is -2.12. The molecule has 1 aromatic rings. The zero-order valence-corrected chi connectivity index (χ0v) is 6.81. The molecule has 2 rings (SSSR count). The third-order valence-electron chi connectivity index (χ3n) is 2.29. The molecule has 0 saturated carbocycles. The molecule has 1 N–H and O–H groups in total. The van der Waals surface area contributed by atoms with E-state index in [1.165, 1.54) is 5.56 Å². The van der Waals surface area contributed by atoms with Crippen molar-refractivity contribution < 1.29 is 9.84 Å². The molecule has 2 heteroatoms. The van der Waals surface area contributed by atoms with Gasteiger partial charge in [-0.1, -0.05) is 30.3 Å². The molecule has 0 amide bonds. The zero-order chi connectivity index (χ0) is 8.39. The Labute approximate surface area is 71.8 Å². The van der Waals surface area contributed by atoms with Gasteiger partial charge in [-0.05, 0) is 12.0 Å². The van der Waals surface area contributed by atoms with Gasteiger partial charge in [-0.2, -0.15) is 0 Å². The van der Waals surface area contributed by atoms with E-state index in [1.54, 1.807) is 0 Å². The van der Waals surface area contributed by atoms with Gasteiger partial charge in [-0.15, -0.1) is 0 Å². The first-order chi connectivity index (χ1) is 5.88. The van der Waals surface area contributed by atoms with Crippen LogP contribution in [-0.4, -0.2) is 18.0 Å². The minimum absolute atomic E-state index is 0.172. The minimum Gasteiger partial charge on any atom is -0.367 e. The van der Waals surface area contributed by atoms with Gasteiger partial charge in [0.1, 0.15) is 0 Å². The molecule has 1 aliphatic rings. The molecule has 0 spiro atoms. The number of benzene rings is 1. The van der Waals surface area contributed by atoms with Gasteiger partial charge in [0, 0.05) is 5.92 Å². The molecule has 0 aliphatic carbocycles. The Kier molecular flexibility index (Phi) is 2.11. The number of ether oxygens (including phenoxy) is 1. The van der Waals surface area contributed by atoms with Crippen LogP contribution in [0.5, 0.6) is 0 Å². The van der Waals surface area contributed by atoms with E-state index in [2.05, 4.69) is 0 Å². The molecule has 1 fully saturated rings. The van der Waals surface area contributed by atoms with Crippen molar-refractivity contribution >= 4 is 0 Å². The summed E-state index contributed by atoms with van der Waals surface area (Å²) in [6.45, 7) is 0.667. The van der Waals surface area contributed by atoms with Gasteiger partial charge in [-0.25, -0.2) is 0 Å². The van der Waals surface area contributed by atoms with Crippen molar-refractivity contribution in [3.05, 3.63) is 35.9 Å². The van der Waals surface area contributed by atoms with Crippen LogP contribution in [0.25, 0.3) is 0 Å². The average molecular weight is 164 g/mol. The Morgan fingerprint density at radius 1 is 1.25 bits per heavy atom. The van der Waals surface area contributed by atoms with Gasteiger partial charge in [0.25, 0.3) is 0 Å². The Morgan fingerprint density at radius 2 is 2.00 bits per heavy atom. The molecule has 1 aliphatic heterocycles. The minimum atomic E-state index is -0.604. The Balaban J connectivity index is 2.19. The maximum atomic E-state index is 9.42. The second-order valence-corrected chi connectivity index (χ2v) is 3.07. The molecule has 0 unspecified atom stereocenters. The molecule has 0 radical (unpaired) electrons. The highest BCUT2D eigenvalue weighted by molar-refractivity contribution is 5.20. The molecular formula is C10H12O2. The van der Waals surface area contributed by atoms with Gasteiger partial charge in [-0.3, -0.25) is 0 Å². The highest BCUT2D eigenvalue weighted by Gasteiger charge is 2.26. The fraction of sp³-hybridized carbons (Fsp3) is 0.400. The second-order valence-electron chi connectivity index (χ2n) is 3.07. The predicted octanol–water partition coefficient (Wildman–Crippen LogP) is 1.51. The maximum absolute atomic E-state index is 9.42. The monoisotopic (exact) mass is 164 g/mol. The summed E-state index contributed by atoms with van der Waals surface area (Å²) in [4.78, 5) is 0. The van der Waals surface area contributed by atoms with Crippen LogP contribution in [0.2, 0.25) is 0 Å². The first-order valence-electron chi connectivity index (χ1n) is 4.22. The molecule has 0 aromatic heterocycles. The van der Waals surface area contributed by atoms with E-state index in [4.69, 9.17) is 4.74 Å². The lowest BCUT2D eigenvalue weighted by atomic mass is 9.97. The summed E-state index contributed by atoms with van der Waals surface area (Å²) < 4.78 is 5.08. The lowest BCUT2D eigenvalue weighted by Gasteiger charge is -2.12. The quantitative estimate of drug-likeness (QED) is 0.681. The van der Waals surface area contributed by atoms with Crippen LogP contribution < -0.4 is 0 Å². The highest BCUT2D eigenvalue weighted by Crippen LogP contribution is 2.29. The van der Waals surface area contributed by atoms with Gasteiger partial charge in [0.15, 0.2) is 6.29 Å². The lowest BCUT2D eigenvalue weighted by molar-refractivity contribution is -0.0678. The summed E-state index contributed by atoms with van der Waals surface area (Å²) in [7, 11) is 0. The zero-order valence-electron chi connectivity index (χ0n) is 6.81. The van der Waals surface area contributed by atoms with Crippen molar-refractivity contribution in [1.29, 1.82) is 0 Å². The van der Waals surface area contributed by atoms with E-state index >= 15 is 0 Å². The van der Waals surface area contributed by atoms with E-state index in [0.717, 1.165) is 6.42 Å². The van der Waals surface area contributed by atoms with Crippen LogP contribution in [-0.2, 0) is 4.74 Å². The van der Waals surface area contributed by atoms with Crippen LogP contribution in [0, 0.1) is 0 Å². The summed E-state index contributed by atoms with van der Waals surface area (Å²) >= 11 is 0. The maximum Gasteiger partial charge on any atom is 0.161 e. The molecule has 2 atom stereocenters. The van der Waals surface area contributed by atoms with Gasteiger partial charge >= 0.3 is 0 Å². The van der Waals surface area contributed by atoms with Crippen molar-refractivity contribution in [2.75, 3.05) is 6.61 Å². The largest absolute Gasteiger partial charge is 0.367 e. The van der Waals surface area contributed by atoms with Gasteiger partial charge < -0.3 is 9.84 Å². The molecular weight excluding hydrogens is 152 g/mol. The fourth-order valence-electron chi connectivity index (χ4n) is 1.61. The highest BCUT2D eigenvalue weighted by atomic mass is 16.6. The average Bonchev–Trinajstić information content (AvgIpc) is 2.53. The van der Waals surface area contributed by atoms with Crippen molar-refractivity contribution in [2.24, 2.45) is 0 Å². The molecule has 1 heterocycles. The summed E-state index contributed by atoms with van der Waals surface area (Å²) in [6.07, 6.45) is 0.318. The molecule has 2 nitrogen and oxygen atoms in total. The van der Waals surface area contributed by atoms with Crippen molar-refractivity contribution in [1.82, 2.24) is 0 Å². The van der Waals surface area contributed by atoms with Crippen LogP contribution >= 0.6 is 0 Å². The summed E-state index contributed by atoms with van der Waals surface area (Å²) in [5, 5.41) is 9.42. The van der Waals surface area contributed by atoms with Crippen molar-refractivity contribution in [2.45, 2.75) is 18.6 Å². The third-order valence-corrected chi connectivity index (χ3v) is 2.29. The predicted molar refractivity (Wildman–Crippen MR) is 45.8 cm³/mol. The third kappa shape index (κ3) is 1.36. The van der Waals surface area contributed by atoms with Gasteiger partial charge in [0.05, 0.1) is 6.61 Å². The first kappa shape index (κ1) is 7.77. The molecule has 1 aromatic carbocycles. The number of hydrogen-bond donors (Lipinski definition) is 1. The molecule has 0 bridgehead atoms. The van der Waals surface area contributed by atoms with E-state index in [1.807, 2.05) is 30.3 Å². The SMILES string of the molecule is O[C@H]1OCC[C@@H]1c1ccccc1. The fourth-order valence-corrected chi connectivity index (χ4v) is 1.61. The topological polar surface area (TPSA) is 29.5 Å². The van der Waals surface area contributed by atoms with Crippen LogP contribution in [0.15, 0.2) is 30.3 Å². The summed E-state index contributed by atoms with van der Waals surface area (Å²) in [6, 6.07) is 10.0. The van der Waals surface area contributed by atoms with Crippen LogP contribution in [0.1, 0.15) is 17.9 Å². The number of hydrogen-bond acceptors (Lipinski definition) is 2. The molecule has 64 valence electrons. The first-order valence-corrected chi connectivity index (χ1v) is 4.22. The van der Waals surface area contributed by atoms with Crippen LogP contribution in [0.4, 0.5) is 0 Å². The van der Waals surface area contributed by atoms with E-state index < -0.39 is 6.29 Å². The van der Waals surface area contributed by atoms with E-state index in [0.29, 0.717) is 6.61 Å². The van der Waals surface area contributed by atoms with Crippen molar-refractivity contribution in [3.8, 4) is 0 Å². The number of rotatable bonds is 1. The Bertz CT molecular complexity index is 245. The summed E-state index contributed by atoms with van der Waals surface area (Å²) in [5.41, 5.74) is 1.17.